The Labute approximate surface area is 133 Å². The molecule has 118 valence electrons. The van der Waals surface area contributed by atoms with Gasteiger partial charge >= 0.3 is 0 Å². The number of H-pyrrole nitrogens is 1. The Kier molecular flexibility index (Phi) is 2.70. The zero-order chi connectivity index (χ0) is 16.4. The Morgan fingerprint density at radius 2 is 2.04 bits per heavy atom. The summed E-state index contributed by atoms with van der Waals surface area (Å²) >= 11 is 0. The Hall–Kier alpha value is -2.63. The number of benzene rings is 1. The van der Waals surface area contributed by atoms with Gasteiger partial charge in [-0.3, -0.25) is 14.7 Å². The highest BCUT2D eigenvalue weighted by Crippen LogP contribution is 2.51. The molecule has 2 amide bonds. The molecule has 0 aliphatic carbocycles. The highest BCUT2D eigenvalue weighted by Gasteiger charge is 2.55. The maximum atomic E-state index is 13.1. The van der Waals surface area contributed by atoms with Crippen LogP contribution in [0.3, 0.4) is 0 Å². The molecule has 0 fully saturated rings. The number of carbonyl (C=O) groups excluding carboxylic acids is 2. The lowest BCUT2D eigenvalue weighted by Gasteiger charge is -2.31. The zero-order valence-electron chi connectivity index (χ0n) is 13.3. The molecule has 0 saturated heterocycles. The van der Waals surface area contributed by atoms with Gasteiger partial charge in [-0.25, -0.2) is 0 Å². The number of hydrogen-bond donors (Lipinski definition) is 2. The fraction of sp³-hybridized carbons (Fsp3) is 0.353. The summed E-state index contributed by atoms with van der Waals surface area (Å²) in [5.74, 6) is 0.614. The van der Waals surface area contributed by atoms with E-state index in [1.54, 1.807) is 18.1 Å². The minimum atomic E-state index is -0.973. The summed E-state index contributed by atoms with van der Waals surface area (Å²) in [6.45, 7) is 4.23. The number of likely N-dealkylation sites (N-methyl/N-ethyl adjacent to an activating group) is 1. The van der Waals surface area contributed by atoms with Crippen molar-refractivity contribution in [2.75, 3.05) is 17.3 Å². The topological polar surface area (TPSA) is 78.1 Å². The van der Waals surface area contributed by atoms with E-state index in [1.165, 1.54) is 0 Å². The van der Waals surface area contributed by atoms with E-state index in [2.05, 4.69) is 35.4 Å². The smallest absolute Gasteiger partial charge is 0.242 e. The van der Waals surface area contributed by atoms with Crippen molar-refractivity contribution in [3.8, 4) is 0 Å². The minimum Gasteiger partial charge on any atom is -0.314 e. The van der Waals surface area contributed by atoms with Gasteiger partial charge in [0.25, 0.3) is 0 Å². The number of fused-ring (bicyclic) bond motifs is 4. The van der Waals surface area contributed by atoms with Gasteiger partial charge in [0.05, 0.1) is 6.20 Å². The van der Waals surface area contributed by atoms with Crippen LogP contribution in [0.25, 0.3) is 0 Å². The highest BCUT2D eigenvalue weighted by atomic mass is 16.2. The van der Waals surface area contributed by atoms with Crippen LogP contribution >= 0.6 is 0 Å². The second-order valence-electron chi connectivity index (χ2n) is 6.58. The summed E-state index contributed by atoms with van der Waals surface area (Å²) in [6.07, 6.45) is 1.76. The molecule has 6 heteroatoms. The Balaban J connectivity index is 2.03. The van der Waals surface area contributed by atoms with E-state index >= 15 is 0 Å². The SMILES string of the molecule is CC(C)c1ccc2c(c1)[C@@]1(CC(=O)Nc3[nH]ncc31)C(=O)N2C. The molecule has 2 aliphatic rings. The van der Waals surface area contributed by atoms with Gasteiger partial charge < -0.3 is 10.2 Å². The number of nitrogens with zero attached hydrogens (tertiary/aromatic N) is 2. The maximum Gasteiger partial charge on any atom is 0.242 e. The molecule has 4 rings (SSSR count). The quantitative estimate of drug-likeness (QED) is 0.847. The molecule has 2 N–H and O–H groups in total. The van der Waals surface area contributed by atoms with Crippen molar-refractivity contribution in [3.05, 3.63) is 41.1 Å². The highest BCUT2D eigenvalue weighted by molar-refractivity contribution is 6.15. The van der Waals surface area contributed by atoms with Gasteiger partial charge in [-0.1, -0.05) is 26.0 Å². The Bertz CT molecular complexity index is 839. The van der Waals surface area contributed by atoms with Gasteiger partial charge in [0.1, 0.15) is 11.2 Å². The number of aromatic amines is 1. The molecule has 0 bridgehead atoms. The average Bonchev–Trinajstić information content (AvgIpc) is 3.06. The van der Waals surface area contributed by atoms with Gasteiger partial charge in [-0.05, 0) is 23.1 Å². The van der Waals surface area contributed by atoms with Crippen LogP contribution in [0.1, 0.15) is 42.9 Å². The van der Waals surface area contributed by atoms with E-state index in [4.69, 9.17) is 0 Å². The van der Waals surface area contributed by atoms with Crippen molar-refractivity contribution >= 4 is 23.3 Å². The maximum absolute atomic E-state index is 13.1. The van der Waals surface area contributed by atoms with E-state index in [-0.39, 0.29) is 18.2 Å². The molecule has 6 nitrogen and oxygen atoms in total. The van der Waals surface area contributed by atoms with Gasteiger partial charge in [0.2, 0.25) is 11.8 Å². The van der Waals surface area contributed by atoms with Crippen LogP contribution in [0.15, 0.2) is 24.4 Å². The van der Waals surface area contributed by atoms with Gasteiger partial charge in [-0.2, -0.15) is 5.10 Å². The summed E-state index contributed by atoms with van der Waals surface area (Å²) in [6, 6.07) is 6.09. The summed E-state index contributed by atoms with van der Waals surface area (Å²) in [7, 11) is 1.76. The molecule has 1 atom stereocenters. The van der Waals surface area contributed by atoms with Gasteiger partial charge in [0.15, 0.2) is 0 Å². The van der Waals surface area contributed by atoms with Crippen LogP contribution in [0.2, 0.25) is 0 Å². The van der Waals surface area contributed by atoms with Crippen LogP contribution in [-0.4, -0.2) is 29.1 Å². The third kappa shape index (κ3) is 1.66. The molecule has 0 saturated carbocycles. The van der Waals surface area contributed by atoms with Crippen LogP contribution in [0.4, 0.5) is 11.5 Å². The lowest BCUT2D eigenvalue weighted by molar-refractivity contribution is -0.126. The summed E-state index contributed by atoms with van der Waals surface area (Å²) in [4.78, 5) is 27.0. The normalized spacial score (nSPS) is 22.5. The third-order valence-corrected chi connectivity index (χ3v) is 4.97. The summed E-state index contributed by atoms with van der Waals surface area (Å²) in [5.41, 5.74) is 2.69. The first kappa shape index (κ1) is 14.0. The first-order valence-electron chi connectivity index (χ1n) is 7.71. The van der Waals surface area contributed by atoms with E-state index in [1.807, 2.05) is 12.1 Å². The monoisotopic (exact) mass is 310 g/mol. The third-order valence-electron chi connectivity index (χ3n) is 4.97. The molecule has 23 heavy (non-hydrogen) atoms. The van der Waals surface area contributed by atoms with Crippen LogP contribution in [0, 0.1) is 0 Å². The molecule has 1 aromatic heterocycles. The molecule has 1 spiro atoms. The van der Waals surface area contributed by atoms with Crippen molar-refractivity contribution in [2.45, 2.75) is 31.6 Å². The Morgan fingerprint density at radius 3 is 2.78 bits per heavy atom. The first-order valence-corrected chi connectivity index (χ1v) is 7.71. The number of rotatable bonds is 1. The number of amides is 2. The molecule has 0 unspecified atom stereocenters. The summed E-state index contributed by atoms with van der Waals surface area (Å²) in [5, 5.41) is 9.59. The van der Waals surface area contributed by atoms with Gasteiger partial charge in [-0.15, -0.1) is 0 Å². The molecule has 2 aliphatic heterocycles. The Morgan fingerprint density at radius 1 is 1.26 bits per heavy atom. The second-order valence-corrected chi connectivity index (χ2v) is 6.58. The van der Waals surface area contributed by atoms with Crippen LogP contribution in [0.5, 0.6) is 0 Å². The van der Waals surface area contributed by atoms with Crippen LogP contribution in [-0.2, 0) is 15.0 Å². The lowest BCUT2D eigenvalue weighted by atomic mass is 9.71. The number of nitrogens with one attached hydrogen (secondary N) is 2. The van der Waals surface area contributed by atoms with E-state index in [9.17, 15) is 9.59 Å². The predicted molar refractivity (Wildman–Crippen MR) is 86.6 cm³/mol. The molecule has 3 heterocycles. The second kappa shape index (κ2) is 4.44. The molecule has 2 aromatic rings. The number of anilines is 2. The van der Waals surface area contributed by atoms with E-state index in [0.717, 1.165) is 22.4 Å². The van der Waals surface area contributed by atoms with Crippen molar-refractivity contribution in [2.24, 2.45) is 0 Å². The van der Waals surface area contributed by atoms with E-state index < -0.39 is 5.41 Å². The number of carbonyl (C=O) groups is 2. The average molecular weight is 310 g/mol. The largest absolute Gasteiger partial charge is 0.314 e. The number of aromatic nitrogens is 2. The lowest BCUT2D eigenvalue weighted by Crippen LogP contribution is -2.45. The fourth-order valence-corrected chi connectivity index (χ4v) is 3.71. The summed E-state index contributed by atoms with van der Waals surface area (Å²) < 4.78 is 0. The fourth-order valence-electron chi connectivity index (χ4n) is 3.71. The standard InChI is InChI=1S/C17H18N4O2/c1-9(2)10-4-5-13-11(6-10)17(16(23)21(13)3)7-14(22)19-15-12(17)8-18-20-15/h4-6,8-9H,7H2,1-3H3,(H2,18,19,20,22)/t17-/m1/s1. The molecular weight excluding hydrogens is 292 g/mol. The number of hydrogen-bond acceptors (Lipinski definition) is 3. The van der Waals surface area contributed by atoms with E-state index in [0.29, 0.717) is 11.7 Å². The molecule has 1 aromatic carbocycles. The van der Waals surface area contributed by atoms with Crippen molar-refractivity contribution < 1.29 is 9.59 Å². The predicted octanol–water partition coefficient (Wildman–Crippen LogP) is 2.14. The van der Waals surface area contributed by atoms with Crippen molar-refractivity contribution in [1.82, 2.24) is 10.2 Å². The first-order chi connectivity index (χ1) is 10.9. The molecular formula is C17H18N4O2. The zero-order valence-corrected chi connectivity index (χ0v) is 13.3. The minimum absolute atomic E-state index is 0.0779. The van der Waals surface area contributed by atoms with Crippen molar-refractivity contribution in [1.29, 1.82) is 0 Å². The van der Waals surface area contributed by atoms with Crippen LogP contribution < -0.4 is 10.2 Å². The molecule has 0 radical (unpaired) electrons. The van der Waals surface area contributed by atoms with Crippen molar-refractivity contribution in [3.63, 3.8) is 0 Å². The van der Waals surface area contributed by atoms with Gasteiger partial charge in [0, 0.05) is 24.7 Å².